The Morgan fingerprint density at radius 3 is 3.18 bits per heavy atom. The average molecular weight is 236 g/mol. The molecule has 1 aliphatic rings. The van der Waals surface area contributed by atoms with Crippen LogP contribution in [0.1, 0.15) is 13.8 Å². The van der Waals surface area contributed by atoms with Gasteiger partial charge in [0, 0.05) is 25.3 Å². The Morgan fingerprint density at radius 1 is 1.59 bits per heavy atom. The fourth-order valence-electron chi connectivity index (χ4n) is 1.93. The molecule has 0 radical (unpaired) electrons. The quantitative estimate of drug-likeness (QED) is 0.795. The second-order valence-corrected chi connectivity index (χ2v) is 4.58. The molecule has 2 rings (SSSR count). The van der Waals surface area contributed by atoms with Crippen LogP contribution in [0.5, 0.6) is 5.75 Å². The molecule has 1 aromatic heterocycles. The van der Waals surface area contributed by atoms with Crippen LogP contribution in [0.4, 0.5) is 0 Å². The summed E-state index contributed by atoms with van der Waals surface area (Å²) < 4.78 is 11.4. The summed E-state index contributed by atoms with van der Waals surface area (Å²) in [5.41, 5.74) is 0. The number of hydrogen-bond acceptors (Lipinski definition) is 4. The van der Waals surface area contributed by atoms with E-state index in [-0.39, 0.29) is 6.10 Å². The van der Waals surface area contributed by atoms with Crippen molar-refractivity contribution in [2.75, 3.05) is 26.3 Å². The molecular formula is C13H20N2O2. The van der Waals surface area contributed by atoms with E-state index >= 15 is 0 Å². The SMILES string of the molecule is CC(C)N1CCOC(COc2cccnc2)C1. The fraction of sp³-hybridized carbons (Fsp3) is 0.615. The van der Waals surface area contributed by atoms with Crippen LogP contribution < -0.4 is 4.74 Å². The molecule has 0 bridgehead atoms. The molecule has 1 aliphatic heterocycles. The molecule has 1 fully saturated rings. The number of hydrogen-bond donors (Lipinski definition) is 0. The first-order valence-electron chi connectivity index (χ1n) is 6.14. The highest BCUT2D eigenvalue weighted by molar-refractivity contribution is 5.15. The summed E-state index contributed by atoms with van der Waals surface area (Å²) in [7, 11) is 0. The van der Waals surface area contributed by atoms with E-state index in [9.17, 15) is 0 Å². The third-order valence-electron chi connectivity index (χ3n) is 2.97. The zero-order valence-corrected chi connectivity index (χ0v) is 10.5. The molecule has 0 N–H and O–H groups in total. The highest BCUT2D eigenvalue weighted by atomic mass is 16.5. The molecule has 1 atom stereocenters. The minimum absolute atomic E-state index is 0.159. The van der Waals surface area contributed by atoms with Gasteiger partial charge in [0.05, 0.1) is 12.8 Å². The Bertz CT molecular complexity index is 329. The summed E-state index contributed by atoms with van der Waals surface area (Å²) in [6.45, 7) is 7.77. The van der Waals surface area contributed by atoms with Crippen molar-refractivity contribution >= 4 is 0 Å². The van der Waals surface area contributed by atoms with Gasteiger partial charge >= 0.3 is 0 Å². The fourth-order valence-corrected chi connectivity index (χ4v) is 1.93. The molecule has 0 aliphatic carbocycles. The maximum Gasteiger partial charge on any atom is 0.137 e. The van der Waals surface area contributed by atoms with E-state index in [1.807, 2.05) is 12.1 Å². The molecular weight excluding hydrogens is 216 g/mol. The van der Waals surface area contributed by atoms with Gasteiger partial charge in [-0.1, -0.05) is 0 Å². The third kappa shape index (κ3) is 3.68. The number of aromatic nitrogens is 1. The summed E-state index contributed by atoms with van der Waals surface area (Å²) in [6.07, 6.45) is 3.62. The normalized spacial score (nSPS) is 21.7. The minimum atomic E-state index is 0.159. The van der Waals surface area contributed by atoms with Crippen LogP contribution in [0, 0.1) is 0 Å². The number of morpholine rings is 1. The Labute approximate surface area is 103 Å². The number of pyridine rings is 1. The van der Waals surface area contributed by atoms with Crippen molar-refractivity contribution in [2.45, 2.75) is 26.0 Å². The first-order chi connectivity index (χ1) is 8.25. The molecule has 2 heterocycles. The van der Waals surface area contributed by atoms with Crippen LogP contribution in [0.2, 0.25) is 0 Å². The molecule has 1 aromatic rings. The monoisotopic (exact) mass is 236 g/mol. The number of ether oxygens (including phenoxy) is 2. The molecule has 4 heteroatoms. The van der Waals surface area contributed by atoms with Crippen molar-refractivity contribution in [2.24, 2.45) is 0 Å². The third-order valence-corrected chi connectivity index (χ3v) is 2.97. The van der Waals surface area contributed by atoms with E-state index in [0.717, 1.165) is 25.4 Å². The lowest BCUT2D eigenvalue weighted by Crippen LogP contribution is -2.47. The Balaban J connectivity index is 1.79. The number of rotatable bonds is 4. The summed E-state index contributed by atoms with van der Waals surface area (Å²) >= 11 is 0. The van der Waals surface area contributed by atoms with Crippen LogP contribution in [-0.4, -0.2) is 48.3 Å². The standard InChI is InChI=1S/C13H20N2O2/c1-11(2)15-6-7-16-13(9-15)10-17-12-4-3-5-14-8-12/h3-5,8,11,13H,6-7,9-10H2,1-2H3. The van der Waals surface area contributed by atoms with Crippen molar-refractivity contribution < 1.29 is 9.47 Å². The Kier molecular flexibility index (Phi) is 4.34. The van der Waals surface area contributed by atoms with Crippen LogP contribution >= 0.6 is 0 Å². The van der Waals surface area contributed by atoms with Crippen molar-refractivity contribution in [3.05, 3.63) is 24.5 Å². The maximum absolute atomic E-state index is 5.69. The zero-order chi connectivity index (χ0) is 12.1. The van der Waals surface area contributed by atoms with E-state index in [0.29, 0.717) is 12.6 Å². The Hall–Kier alpha value is -1.13. The van der Waals surface area contributed by atoms with Gasteiger partial charge in [-0.3, -0.25) is 9.88 Å². The van der Waals surface area contributed by atoms with Gasteiger partial charge in [-0.05, 0) is 26.0 Å². The molecule has 1 unspecified atom stereocenters. The smallest absolute Gasteiger partial charge is 0.137 e. The van der Waals surface area contributed by atoms with E-state index in [4.69, 9.17) is 9.47 Å². The van der Waals surface area contributed by atoms with E-state index in [1.165, 1.54) is 0 Å². The predicted molar refractivity (Wildman–Crippen MR) is 66.2 cm³/mol. The molecule has 0 spiro atoms. The van der Waals surface area contributed by atoms with Crippen LogP contribution in [-0.2, 0) is 4.74 Å². The summed E-state index contributed by atoms with van der Waals surface area (Å²) in [5.74, 6) is 0.803. The van der Waals surface area contributed by atoms with E-state index in [1.54, 1.807) is 12.4 Å². The lowest BCUT2D eigenvalue weighted by molar-refractivity contribution is -0.0564. The molecule has 17 heavy (non-hydrogen) atoms. The van der Waals surface area contributed by atoms with Gasteiger partial charge in [0.1, 0.15) is 18.5 Å². The summed E-state index contributed by atoms with van der Waals surface area (Å²) in [4.78, 5) is 6.43. The zero-order valence-electron chi connectivity index (χ0n) is 10.5. The number of nitrogens with zero attached hydrogens (tertiary/aromatic N) is 2. The average Bonchev–Trinajstić information content (AvgIpc) is 2.38. The topological polar surface area (TPSA) is 34.6 Å². The van der Waals surface area contributed by atoms with Gasteiger partial charge in [0.15, 0.2) is 0 Å². The van der Waals surface area contributed by atoms with Gasteiger partial charge in [0.25, 0.3) is 0 Å². The lowest BCUT2D eigenvalue weighted by Gasteiger charge is -2.35. The van der Waals surface area contributed by atoms with E-state index in [2.05, 4.69) is 23.7 Å². The second kappa shape index (κ2) is 5.98. The van der Waals surface area contributed by atoms with Gasteiger partial charge in [-0.25, -0.2) is 0 Å². The maximum atomic E-state index is 5.69. The largest absolute Gasteiger partial charge is 0.489 e. The first kappa shape index (κ1) is 12.3. The van der Waals surface area contributed by atoms with Gasteiger partial charge in [0.2, 0.25) is 0 Å². The molecule has 0 aromatic carbocycles. The molecule has 94 valence electrons. The minimum Gasteiger partial charge on any atom is -0.489 e. The highest BCUT2D eigenvalue weighted by Crippen LogP contribution is 2.12. The van der Waals surface area contributed by atoms with Crippen LogP contribution in [0.3, 0.4) is 0 Å². The van der Waals surface area contributed by atoms with Crippen molar-refractivity contribution in [3.8, 4) is 5.75 Å². The van der Waals surface area contributed by atoms with Crippen molar-refractivity contribution in [1.29, 1.82) is 0 Å². The first-order valence-corrected chi connectivity index (χ1v) is 6.14. The van der Waals surface area contributed by atoms with Crippen LogP contribution in [0.15, 0.2) is 24.5 Å². The molecule has 0 amide bonds. The molecule has 0 saturated carbocycles. The van der Waals surface area contributed by atoms with Crippen molar-refractivity contribution in [1.82, 2.24) is 9.88 Å². The van der Waals surface area contributed by atoms with Gasteiger partial charge < -0.3 is 9.47 Å². The van der Waals surface area contributed by atoms with Crippen LogP contribution in [0.25, 0.3) is 0 Å². The van der Waals surface area contributed by atoms with Gasteiger partial charge in [-0.2, -0.15) is 0 Å². The second-order valence-electron chi connectivity index (χ2n) is 4.58. The molecule has 4 nitrogen and oxygen atoms in total. The highest BCUT2D eigenvalue weighted by Gasteiger charge is 2.22. The predicted octanol–water partition coefficient (Wildman–Crippen LogP) is 1.57. The summed E-state index contributed by atoms with van der Waals surface area (Å²) in [6, 6.07) is 4.35. The molecule has 1 saturated heterocycles. The van der Waals surface area contributed by atoms with E-state index < -0.39 is 0 Å². The van der Waals surface area contributed by atoms with Gasteiger partial charge in [-0.15, -0.1) is 0 Å². The Morgan fingerprint density at radius 2 is 2.47 bits per heavy atom. The van der Waals surface area contributed by atoms with Crippen molar-refractivity contribution in [3.63, 3.8) is 0 Å². The lowest BCUT2D eigenvalue weighted by atomic mass is 10.2. The summed E-state index contributed by atoms with van der Waals surface area (Å²) in [5, 5.41) is 0.